The molecule has 0 aliphatic rings. The monoisotopic (exact) mass is 228 g/mol. The molecule has 0 atom stereocenters. The maximum atomic E-state index is 5.10. The highest BCUT2D eigenvalue weighted by molar-refractivity contribution is 5.46. The summed E-state index contributed by atoms with van der Waals surface area (Å²) in [5.74, 6) is 0.942. The molecule has 0 amide bonds. The second-order valence-electron chi connectivity index (χ2n) is 3.32. The number of nitrogens with zero attached hydrogens (tertiary/aromatic N) is 6. The highest BCUT2D eigenvalue weighted by Gasteiger charge is 2.09. The van der Waals surface area contributed by atoms with Gasteiger partial charge in [0, 0.05) is 6.20 Å². The van der Waals surface area contributed by atoms with Crippen molar-refractivity contribution in [3.63, 3.8) is 0 Å². The Balaban J connectivity index is 1.84. The van der Waals surface area contributed by atoms with Crippen LogP contribution in [0.5, 0.6) is 0 Å². The van der Waals surface area contributed by atoms with Crippen LogP contribution in [0.4, 0.5) is 0 Å². The van der Waals surface area contributed by atoms with E-state index in [1.807, 2.05) is 18.2 Å². The Morgan fingerprint density at radius 1 is 1.29 bits per heavy atom. The first kappa shape index (κ1) is 9.64. The summed E-state index contributed by atoms with van der Waals surface area (Å²) in [6.07, 6.45) is 4.73. The Morgan fingerprint density at radius 3 is 3.06 bits per heavy atom. The Morgan fingerprint density at radius 2 is 2.29 bits per heavy atom. The van der Waals surface area contributed by atoms with Crippen molar-refractivity contribution in [2.45, 2.75) is 6.54 Å². The van der Waals surface area contributed by atoms with E-state index in [-0.39, 0.29) is 0 Å². The second kappa shape index (κ2) is 4.12. The third-order valence-electron chi connectivity index (χ3n) is 2.13. The smallest absolute Gasteiger partial charge is 0.248 e. The molecule has 7 nitrogen and oxygen atoms in total. The van der Waals surface area contributed by atoms with Gasteiger partial charge in [0.1, 0.15) is 24.9 Å². The molecule has 3 aromatic heterocycles. The third-order valence-corrected chi connectivity index (χ3v) is 2.13. The van der Waals surface area contributed by atoms with Gasteiger partial charge < -0.3 is 4.52 Å². The van der Waals surface area contributed by atoms with Gasteiger partial charge in [0.15, 0.2) is 0 Å². The molecule has 0 saturated carbocycles. The van der Waals surface area contributed by atoms with E-state index < -0.39 is 0 Å². The predicted octanol–water partition coefficient (Wildman–Crippen LogP) is 0.771. The Bertz CT molecular complexity index is 588. The van der Waals surface area contributed by atoms with E-state index in [1.54, 1.807) is 17.2 Å². The van der Waals surface area contributed by atoms with Gasteiger partial charge in [-0.05, 0) is 12.1 Å². The van der Waals surface area contributed by atoms with E-state index in [9.17, 15) is 0 Å². The van der Waals surface area contributed by atoms with Crippen LogP contribution in [0.15, 0.2) is 41.6 Å². The Labute approximate surface area is 96.1 Å². The fraction of sp³-hybridized carbons (Fsp3) is 0.100. The van der Waals surface area contributed by atoms with Crippen molar-refractivity contribution < 1.29 is 4.52 Å². The fourth-order valence-electron chi connectivity index (χ4n) is 1.37. The molecule has 0 bridgehead atoms. The number of rotatable bonds is 3. The van der Waals surface area contributed by atoms with Gasteiger partial charge in [-0.2, -0.15) is 10.1 Å². The van der Waals surface area contributed by atoms with E-state index in [4.69, 9.17) is 4.52 Å². The maximum absolute atomic E-state index is 5.10. The topological polar surface area (TPSA) is 82.5 Å². The molecule has 17 heavy (non-hydrogen) atoms. The Kier molecular flexibility index (Phi) is 2.34. The van der Waals surface area contributed by atoms with Crippen molar-refractivity contribution in [1.82, 2.24) is 29.9 Å². The summed E-state index contributed by atoms with van der Waals surface area (Å²) in [6, 6.07) is 5.53. The molecule has 3 rings (SSSR count). The van der Waals surface area contributed by atoms with Crippen LogP contribution in [0.3, 0.4) is 0 Å². The van der Waals surface area contributed by atoms with Crippen molar-refractivity contribution in [3.05, 3.63) is 42.9 Å². The van der Waals surface area contributed by atoms with Crippen LogP contribution in [0, 0.1) is 0 Å². The summed E-state index contributed by atoms with van der Waals surface area (Å²) < 4.78 is 6.71. The third kappa shape index (κ3) is 2.03. The SMILES string of the molecule is c1ccc(-c2noc(Cn3cncn3)n2)nc1. The molecule has 0 radical (unpaired) electrons. The molecule has 0 saturated heterocycles. The highest BCUT2D eigenvalue weighted by Crippen LogP contribution is 2.11. The summed E-state index contributed by atoms with van der Waals surface area (Å²) in [5, 5.41) is 7.81. The molecule has 0 aromatic carbocycles. The first-order valence-electron chi connectivity index (χ1n) is 4.98. The molecule has 0 spiro atoms. The lowest BCUT2D eigenvalue weighted by molar-refractivity contribution is 0.366. The van der Waals surface area contributed by atoms with Gasteiger partial charge in [0.25, 0.3) is 0 Å². The van der Waals surface area contributed by atoms with Crippen LogP contribution in [0.1, 0.15) is 5.89 Å². The van der Waals surface area contributed by atoms with E-state index in [1.165, 1.54) is 6.33 Å². The van der Waals surface area contributed by atoms with Crippen molar-refractivity contribution in [2.75, 3.05) is 0 Å². The summed E-state index contributed by atoms with van der Waals surface area (Å²) in [4.78, 5) is 12.2. The molecular formula is C10H8N6O. The number of hydrogen-bond donors (Lipinski definition) is 0. The molecule has 0 fully saturated rings. The maximum Gasteiger partial charge on any atom is 0.248 e. The molecule has 0 N–H and O–H groups in total. The van der Waals surface area contributed by atoms with Crippen LogP contribution in [-0.4, -0.2) is 29.9 Å². The predicted molar refractivity (Wildman–Crippen MR) is 56.7 cm³/mol. The lowest BCUT2D eigenvalue weighted by Crippen LogP contribution is -2.00. The number of aromatic nitrogens is 6. The van der Waals surface area contributed by atoms with Crippen molar-refractivity contribution >= 4 is 0 Å². The van der Waals surface area contributed by atoms with Crippen LogP contribution in [0.2, 0.25) is 0 Å². The van der Waals surface area contributed by atoms with Gasteiger partial charge in [-0.3, -0.25) is 4.98 Å². The Hall–Kier alpha value is -2.57. The number of pyridine rings is 1. The van der Waals surface area contributed by atoms with Crippen LogP contribution in [-0.2, 0) is 6.54 Å². The summed E-state index contributed by atoms with van der Waals surface area (Å²) >= 11 is 0. The molecule has 84 valence electrons. The van der Waals surface area contributed by atoms with Gasteiger partial charge >= 0.3 is 0 Å². The van der Waals surface area contributed by atoms with E-state index >= 15 is 0 Å². The van der Waals surface area contributed by atoms with E-state index in [0.29, 0.717) is 24.0 Å². The molecular weight excluding hydrogens is 220 g/mol. The zero-order valence-electron chi connectivity index (χ0n) is 8.76. The fourth-order valence-corrected chi connectivity index (χ4v) is 1.37. The lowest BCUT2D eigenvalue weighted by Gasteiger charge is -1.92. The first-order valence-corrected chi connectivity index (χ1v) is 4.98. The first-order chi connectivity index (χ1) is 8.42. The average molecular weight is 228 g/mol. The van der Waals surface area contributed by atoms with Crippen LogP contribution >= 0.6 is 0 Å². The zero-order valence-corrected chi connectivity index (χ0v) is 8.76. The standard InChI is InChI=1S/C10H8N6O/c1-2-4-12-8(3-1)10-14-9(17-15-10)5-16-7-11-6-13-16/h1-4,6-7H,5H2. The van der Waals surface area contributed by atoms with Gasteiger partial charge in [0.2, 0.25) is 11.7 Å². The van der Waals surface area contributed by atoms with Crippen molar-refractivity contribution in [1.29, 1.82) is 0 Å². The lowest BCUT2D eigenvalue weighted by atomic mass is 10.3. The molecule has 7 heteroatoms. The summed E-state index contributed by atoms with van der Waals surface area (Å²) in [6.45, 7) is 0.403. The molecule has 0 aliphatic carbocycles. The largest absolute Gasteiger partial charge is 0.337 e. The van der Waals surface area contributed by atoms with E-state index in [0.717, 1.165) is 0 Å². The van der Waals surface area contributed by atoms with Gasteiger partial charge in [0.05, 0.1) is 0 Å². The minimum absolute atomic E-state index is 0.403. The van der Waals surface area contributed by atoms with Crippen molar-refractivity contribution in [2.24, 2.45) is 0 Å². The summed E-state index contributed by atoms with van der Waals surface area (Å²) in [5.41, 5.74) is 0.682. The molecule has 0 aliphatic heterocycles. The molecule has 3 aromatic rings. The minimum atomic E-state index is 0.403. The second-order valence-corrected chi connectivity index (χ2v) is 3.32. The van der Waals surface area contributed by atoms with Crippen LogP contribution in [0.25, 0.3) is 11.5 Å². The van der Waals surface area contributed by atoms with Gasteiger partial charge in [-0.1, -0.05) is 11.2 Å². The molecule has 0 unspecified atom stereocenters. The van der Waals surface area contributed by atoms with Gasteiger partial charge in [-0.15, -0.1) is 0 Å². The van der Waals surface area contributed by atoms with Crippen molar-refractivity contribution in [3.8, 4) is 11.5 Å². The zero-order chi connectivity index (χ0) is 11.5. The van der Waals surface area contributed by atoms with Crippen LogP contribution < -0.4 is 0 Å². The minimum Gasteiger partial charge on any atom is -0.337 e. The summed E-state index contributed by atoms with van der Waals surface area (Å²) in [7, 11) is 0. The van der Waals surface area contributed by atoms with Gasteiger partial charge in [-0.25, -0.2) is 9.67 Å². The van der Waals surface area contributed by atoms with E-state index in [2.05, 4.69) is 25.2 Å². The quantitative estimate of drug-likeness (QED) is 0.658. The molecule has 3 heterocycles. The number of hydrogen-bond acceptors (Lipinski definition) is 6. The normalized spacial score (nSPS) is 10.6. The average Bonchev–Trinajstić information content (AvgIpc) is 3.02. The highest BCUT2D eigenvalue weighted by atomic mass is 16.5.